The number of benzene rings is 2. The van der Waals surface area contributed by atoms with Crippen molar-refractivity contribution >= 4 is 23.7 Å². The molecule has 0 saturated carbocycles. The number of carbonyl (C=O) groups is 2. The Hall–Kier alpha value is -5.85. The molecule has 19 nitrogen and oxygen atoms in total. The fraction of sp³-hybridized carbons (Fsp3) is 0.419. The number of tetrazole rings is 1. The molecule has 4 aromatic rings. The highest BCUT2D eigenvalue weighted by Crippen LogP contribution is 2.33. The molecule has 2 unspecified atom stereocenters. The summed E-state index contributed by atoms with van der Waals surface area (Å²) in [7, 11) is 0. The zero-order valence-corrected chi connectivity index (χ0v) is 28.3. The Bertz CT molecular complexity index is 1790. The average molecular weight is 731 g/mol. The fourth-order valence-corrected chi connectivity index (χ4v) is 5.76. The van der Waals surface area contributed by atoms with E-state index in [9.17, 15) is 34.9 Å². The van der Waals surface area contributed by atoms with Crippen LogP contribution in [-0.2, 0) is 25.7 Å². The zero-order valence-electron chi connectivity index (χ0n) is 27.5. The normalized spacial score (nSPS) is 12.8. The van der Waals surface area contributed by atoms with Crippen LogP contribution >= 0.6 is 11.6 Å². The van der Waals surface area contributed by atoms with Gasteiger partial charge in [-0.2, -0.15) is 0 Å². The molecule has 0 saturated heterocycles. The number of hydrogen-bond donors (Lipinski definition) is 2. The molecule has 0 aliphatic carbocycles. The number of unbranched alkanes of at least 4 members (excludes halogenated alkanes) is 1. The van der Waals surface area contributed by atoms with E-state index in [0.29, 0.717) is 24.5 Å². The van der Waals surface area contributed by atoms with Gasteiger partial charge in [0.2, 0.25) is 0 Å². The number of aromatic nitrogens is 6. The minimum absolute atomic E-state index is 0.0356. The van der Waals surface area contributed by atoms with E-state index in [1.54, 1.807) is 6.92 Å². The summed E-state index contributed by atoms with van der Waals surface area (Å²) in [5, 5.41) is 42.9. The van der Waals surface area contributed by atoms with Gasteiger partial charge < -0.3 is 28.8 Å². The van der Waals surface area contributed by atoms with Crippen LogP contribution < -0.4 is 0 Å². The van der Waals surface area contributed by atoms with E-state index in [-0.39, 0.29) is 43.3 Å². The van der Waals surface area contributed by atoms with Crippen LogP contribution in [0.5, 0.6) is 0 Å². The van der Waals surface area contributed by atoms with Gasteiger partial charge in [-0.1, -0.05) is 73.5 Å². The third kappa shape index (κ3) is 10.6. The molecule has 3 atom stereocenters. The topological polar surface area (TPSA) is 250 Å². The van der Waals surface area contributed by atoms with Crippen molar-refractivity contribution in [1.82, 2.24) is 30.2 Å². The molecule has 0 amide bonds. The Morgan fingerprint density at radius 1 is 1.04 bits per heavy atom. The summed E-state index contributed by atoms with van der Waals surface area (Å²) in [4.78, 5) is 58.9. The second-order valence-corrected chi connectivity index (χ2v) is 11.6. The number of carboxylic acids is 1. The Morgan fingerprint density at radius 3 is 2.39 bits per heavy atom. The number of aromatic amines is 1. The second-order valence-electron chi connectivity index (χ2n) is 11.3. The van der Waals surface area contributed by atoms with Crippen molar-refractivity contribution in [2.75, 3.05) is 13.2 Å². The predicted octanol–water partition coefficient (Wildman–Crippen LogP) is 5.51. The highest BCUT2D eigenvalue weighted by molar-refractivity contribution is 6.32. The number of ether oxygens (including phenoxy) is 2. The number of rotatable bonds is 20. The number of carbonyl (C=O) groups excluding carboxylic acids is 1. The molecule has 2 aromatic heterocycles. The summed E-state index contributed by atoms with van der Waals surface area (Å²) in [6, 6.07) is 15.1. The standard InChI is InChI=1S/C31H35ClN8O11/c1-3-8-23(19(2)50-31(43)48-16-7-6-9-22(51-40(46)47)18-49-39(44)45)29-33-27(32)26(30(41)42)38(29)17-20-12-14-21(15-13-20)24-10-4-5-11-25(24)28-34-36-37-35-28/h4-5,10-15,19,22-23H,3,6-9,16-18H2,1-2H3,(H,41,42)(H,34,35,36,37)/t19?,22-,23?/m1/s1. The lowest BCUT2D eigenvalue weighted by Gasteiger charge is -2.24. The van der Waals surface area contributed by atoms with Crippen molar-refractivity contribution in [2.45, 2.75) is 70.6 Å². The van der Waals surface area contributed by atoms with Crippen LogP contribution in [0.25, 0.3) is 22.5 Å². The maximum atomic E-state index is 12.6. The molecule has 0 radical (unpaired) electrons. The molecular formula is C31H35ClN8O11. The van der Waals surface area contributed by atoms with E-state index in [2.05, 4.69) is 35.3 Å². The monoisotopic (exact) mass is 730 g/mol. The van der Waals surface area contributed by atoms with E-state index >= 15 is 0 Å². The number of nitrogens with one attached hydrogen (secondary N) is 1. The molecule has 0 aliphatic rings. The van der Waals surface area contributed by atoms with Crippen molar-refractivity contribution in [1.29, 1.82) is 0 Å². The third-order valence-corrected chi connectivity index (χ3v) is 8.08. The summed E-state index contributed by atoms with van der Waals surface area (Å²) < 4.78 is 12.2. The molecule has 2 N–H and O–H groups in total. The van der Waals surface area contributed by atoms with E-state index in [1.807, 2.05) is 55.5 Å². The maximum absolute atomic E-state index is 12.6. The largest absolute Gasteiger partial charge is 0.508 e. The first kappa shape index (κ1) is 38.0. The van der Waals surface area contributed by atoms with Crippen LogP contribution in [0.4, 0.5) is 4.79 Å². The quantitative estimate of drug-likeness (QED) is 0.0492. The second kappa shape index (κ2) is 18.2. The van der Waals surface area contributed by atoms with Crippen molar-refractivity contribution < 1.29 is 44.0 Å². The van der Waals surface area contributed by atoms with Crippen LogP contribution in [0, 0.1) is 20.2 Å². The minimum atomic E-state index is -1.27. The molecule has 0 spiro atoms. The average Bonchev–Trinajstić information content (AvgIpc) is 3.74. The highest BCUT2D eigenvalue weighted by atomic mass is 35.5. The van der Waals surface area contributed by atoms with Gasteiger partial charge in [-0.15, -0.1) is 25.3 Å². The predicted molar refractivity (Wildman–Crippen MR) is 177 cm³/mol. The molecule has 51 heavy (non-hydrogen) atoms. The SMILES string of the molecule is CCCC(c1nc(Cl)c(C(=O)O)n1Cc1ccc(-c2ccccc2-c2nnn[nH]2)cc1)C(C)OC(=O)OCCCC[C@H](CO[N+](=O)[O-])O[N+](=O)[O-]. The van der Waals surface area contributed by atoms with Gasteiger partial charge in [0.25, 0.3) is 10.2 Å². The first-order valence-electron chi connectivity index (χ1n) is 15.8. The summed E-state index contributed by atoms with van der Waals surface area (Å²) >= 11 is 6.37. The van der Waals surface area contributed by atoms with Crippen LogP contribution in [0.3, 0.4) is 0 Å². The number of halogens is 1. The van der Waals surface area contributed by atoms with Gasteiger partial charge in [0.15, 0.2) is 16.7 Å². The molecule has 2 heterocycles. The number of imidazole rings is 1. The summed E-state index contributed by atoms with van der Waals surface area (Å²) in [5.74, 6) is -1.00. The molecule has 272 valence electrons. The molecule has 20 heteroatoms. The molecule has 0 aliphatic heterocycles. The Kier molecular flexibility index (Phi) is 13.6. The van der Waals surface area contributed by atoms with Crippen molar-refractivity contribution in [3.05, 3.63) is 91.0 Å². The van der Waals surface area contributed by atoms with Gasteiger partial charge in [0.05, 0.1) is 12.5 Å². The van der Waals surface area contributed by atoms with Crippen LogP contribution in [0.2, 0.25) is 5.15 Å². The molecule has 0 bridgehead atoms. The Balaban J connectivity index is 1.44. The number of nitrogens with zero attached hydrogens (tertiary/aromatic N) is 7. The smallest absolute Gasteiger partial charge is 0.476 e. The van der Waals surface area contributed by atoms with Crippen molar-refractivity contribution in [3.8, 4) is 22.5 Å². The van der Waals surface area contributed by atoms with Gasteiger partial charge in [-0.25, -0.2) is 19.7 Å². The lowest BCUT2D eigenvalue weighted by molar-refractivity contribution is -0.790. The minimum Gasteiger partial charge on any atom is -0.476 e. The lowest BCUT2D eigenvalue weighted by Crippen LogP contribution is -2.27. The molecular weight excluding hydrogens is 696 g/mol. The summed E-state index contributed by atoms with van der Waals surface area (Å²) in [6.45, 7) is 2.93. The van der Waals surface area contributed by atoms with E-state index in [4.69, 9.17) is 21.1 Å². The van der Waals surface area contributed by atoms with Crippen molar-refractivity contribution in [3.63, 3.8) is 0 Å². The van der Waals surface area contributed by atoms with Crippen molar-refractivity contribution in [2.24, 2.45) is 0 Å². The fourth-order valence-electron chi connectivity index (χ4n) is 5.49. The first-order valence-corrected chi connectivity index (χ1v) is 16.2. The van der Waals surface area contributed by atoms with Gasteiger partial charge in [-0.3, -0.25) is 0 Å². The van der Waals surface area contributed by atoms with E-state index in [0.717, 1.165) is 22.3 Å². The van der Waals surface area contributed by atoms with E-state index < -0.39 is 47.0 Å². The molecule has 4 rings (SSSR count). The maximum Gasteiger partial charge on any atom is 0.508 e. The van der Waals surface area contributed by atoms with Gasteiger partial charge in [0.1, 0.15) is 24.6 Å². The third-order valence-electron chi connectivity index (χ3n) is 7.81. The van der Waals surface area contributed by atoms with Crippen LogP contribution in [0.1, 0.15) is 73.7 Å². The molecule has 0 fully saturated rings. The highest BCUT2D eigenvalue weighted by Gasteiger charge is 2.32. The molecule has 2 aromatic carbocycles. The number of aromatic carboxylic acids is 1. The summed E-state index contributed by atoms with van der Waals surface area (Å²) in [6.07, 6.45) is -1.30. The zero-order chi connectivity index (χ0) is 36.9. The van der Waals surface area contributed by atoms with Crippen LogP contribution in [0.15, 0.2) is 48.5 Å². The number of hydrogen-bond acceptors (Lipinski definition) is 14. The Labute approximate surface area is 295 Å². The van der Waals surface area contributed by atoms with Gasteiger partial charge in [-0.05, 0) is 59.7 Å². The number of H-pyrrole nitrogens is 1. The number of carboxylic acid groups (broad SMARTS) is 1. The summed E-state index contributed by atoms with van der Waals surface area (Å²) in [5.41, 5.74) is 3.12. The van der Waals surface area contributed by atoms with Crippen LogP contribution in [-0.4, -0.2) is 83.0 Å². The van der Waals surface area contributed by atoms with Gasteiger partial charge in [0, 0.05) is 12.1 Å². The lowest BCUT2D eigenvalue weighted by atomic mass is 9.96. The van der Waals surface area contributed by atoms with E-state index in [1.165, 1.54) is 4.57 Å². The Morgan fingerprint density at radius 2 is 1.76 bits per heavy atom. The first-order chi connectivity index (χ1) is 24.5. The van der Waals surface area contributed by atoms with Gasteiger partial charge >= 0.3 is 12.1 Å².